The van der Waals surface area contributed by atoms with Gasteiger partial charge in [0.2, 0.25) is 0 Å². The Labute approximate surface area is 206 Å². The van der Waals surface area contributed by atoms with Crippen LogP contribution in [0.4, 0.5) is 0 Å². The standard InChI is InChI=1S/C27H24IN3O2/c1-19-16-21(20(2)31(19)25-15-9-14-24(28)17-25)18-29-30-26(32)27(33,22-10-5-3-6-11-22)23-12-7-4-8-13-23/h3-18,33H,1-2H3,(H,30,32). The van der Waals surface area contributed by atoms with Crippen LogP contribution >= 0.6 is 22.6 Å². The van der Waals surface area contributed by atoms with E-state index in [0.29, 0.717) is 11.1 Å². The highest BCUT2D eigenvalue weighted by Crippen LogP contribution is 2.30. The lowest BCUT2D eigenvalue weighted by molar-refractivity contribution is -0.136. The molecule has 0 aliphatic rings. The van der Waals surface area contributed by atoms with Crippen LogP contribution in [0.5, 0.6) is 0 Å². The number of carbonyl (C=O) groups is 1. The average Bonchev–Trinajstić information content (AvgIpc) is 3.12. The lowest BCUT2D eigenvalue weighted by Crippen LogP contribution is -2.43. The molecule has 33 heavy (non-hydrogen) atoms. The summed E-state index contributed by atoms with van der Waals surface area (Å²) in [7, 11) is 0. The molecule has 5 nitrogen and oxygen atoms in total. The molecule has 0 saturated heterocycles. The van der Waals surface area contributed by atoms with Gasteiger partial charge >= 0.3 is 0 Å². The third kappa shape index (κ3) is 4.62. The highest BCUT2D eigenvalue weighted by molar-refractivity contribution is 14.1. The van der Waals surface area contributed by atoms with Crippen LogP contribution < -0.4 is 5.43 Å². The van der Waals surface area contributed by atoms with E-state index in [4.69, 9.17) is 0 Å². The molecule has 1 heterocycles. The van der Waals surface area contributed by atoms with Crippen molar-refractivity contribution < 1.29 is 9.90 Å². The Kier molecular flexibility index (Phi) is 6.76. The second kappa shape index (κ2) is 9.72. The largest absolute Gasteiger partial charge is 0.372 e. The summed E-state index contributed by atoms with van der Waals surface area (Å²) in [4.78, 5) is 13.2. The summed E-state index contributed by atoms with van der Waals surface area (Å²) in [5, 5.41) is 15.7. The first-order valence-corrected chi connectivity index (χ1v) is 11.6. The molecule has 0 radical (unpaired) electrons. The number of aromatic nitrogens is 1. The van der Waals surface area contributed by atoms with Crippen molar-refractivity contribution in [3.63, 3.8) is 0 Å². The number of hydrogen-bond donors (Lipinski definition) is 2. The molecule has 6 heteroatoms. The van der Waals surface area contributed by atoms with Crippen LogP contribution in [0.25, 0.3) is 5.69 Å². The van der Waals surface area contributed by atoms with Gasteiger partial charge in [-0.3, -0.25) is 4.79 Å². The zero-order valence-electron chi connectivity index (χ0n) is 18.4. The monoisotopic (exact) mass is 549 g/mol. The van der Waals surface area contributed by atoms with Gasteiger partial charge in [0.15, 0.2) is 5.60 Å². The third-order valence-electron chi connectivity index (χ3n) is 5.62. The SMILES string of the molecule is Cc1cc(C=NNC(=O)C(O)(c2ccccc2)c2ccccc2)c(C)n1-c1cccc(I)c1. The summed E-state index contributed by atoms with van der Waals surface area (Å²) in [6.45, 7) is 4.05. The summed E-state index contributed by atoms with van der Waals surface area (Å²) in [5.41, 5.74) is 5.65. The molecule has 3 aromatic carbocycles. The molecule has 0 aliphatic heterocycles. The maximum Gasteiger partial charge on any atom is 0.281 e. The fraction of sp³-hybridized carbons (Fsp3) is 0.111. The number of hydrazone groups is 1. The Morgan fingerprint density at radius 3 is 2.12 bits per heavy atom. The molecule has 0 aliphatic carbocycles. The predicted molar refractivity (Wildman–Crippen MR) is 140 cm³/mol. The molecule has 0 fully saturated rings. The van der Waals surface area contributed by atoms with Crippen molar-refractivity contribution in [2.24, 2.45) is 5.10 Å². The van der Waals surface area contributed by atoms with Crippen molar-refractivity contribution in [1.82, 2.24) is 9.99 Å². The molecule has 0 bridgehead atoms. The van der Waals surface area contributed by atoms with Crippen LogP contribution in [0.3, 0.4) is 0 Å². The van der Waals surface area contributed by atoms with E-state index in [1.165, 1.54) is 0 Å². The van der Waals surface area contributed by atoms with Crippen LogP contribution in [-0.2, 0) is 10.4 Å². The zero-order chi connectivity index (χ0) is 23.4. The van der Waals surface area contributed by atoms with Gasteiger partial charge in [-0.1, -0.05) is 66.7 Å². The zero-order valence-corrected chi connectivity index (χ0v) is 20.5. The second-order valence-corrected chi connectivity index (χ2v) is 9.03. The smallest absolute Gasteiger partial charge is 0.281 e. The van der Waals surface area contributed by atoms with E-state index >= 15 is 0 Å². The number of nitrogens with zero attached hydrogens (tertiary/aromatic N) is 2. The van der Waals surface area contributed by atoms with E-state index in [2.05, 4.69) is 55.9 Å². The minimum absolute atomic E-state index is 0.473. The fourth-order valence-corrected chi connectivity index (χ4v) is 4.49. The molecule has 0 saturated carbocycles. The first kappa shape index (κ1) is 22.9. The van der Waals surface area contributed by atoms with Crippen molar-refractivity contribution in [2.75, 3.05) is 0 Å². The van der Waals surface area contributed by atoms with Crippen molar-refractivity contribution in [3.05, 3.63) is 123 Å². The summed E-state index contributed by atoms with van der Waals surface area (Å²) < 4.78 is 3.30. The molecule has 4 aromatic rings. The highest BCUT2D eigenvalue weighted by atomic mass is 127. The molecule has 2 N–H and O–H groups in total. The van der Waals surface area contributed by atoms with Crippen LogP contribution in [0.2, 0.25) is 0 Å². The van der Waals surface area contributed by atoms with Crippen LogP contribution in [-0.4, -0.2) is 21.8 Å². The summed E-state index contributed by atoms with van der Waals surface area (Å²) >= 11 is 2.30. The van der Waals surface area contributed by atoms with E-state index < -0.39 is 11.5 Å². The minimum atomic E-state index is -1.86. The minimum Gasteiger partial charge on any atom is -0.372 e. The van der Waals surface area contributed by atoms with E-state index in [0.717, 1.165) is 26.2 Å². The Morgan fingerprint density at radius 1 is 0.939 bits per heavy atom. The first-order valence-electron chi connectivity index (χ1n) is 10.5. The topological polar surface area (TPSA) is 66.6 Å². The number of benzene rings is 3. The van der Waals surface area contributed by atoms with Gasteiger partial charge in [0, 0.05) is 26.2 Å². The maximum atomic E-state index is 13.2. The van der Waals surface area contributed by atoms with Gasteiger partial charge in [-0.25, -0.2) is 5.43 Å². The molecular formula is C27H24IN3O2. The first-order chi connectivity index (χ1) is 15.9. The number of carbonyl (C=O) groups excluding carboxylic acids is 1. The maximum absolute atomic E-state index is 13.2. The summed E-state index contributed by atoms with van der Waals surface area (Å²) in [6, 6.07) is 28.0. The number of halogens is 1. The fourth-order valence-electron chi connectivity index (χ4n) is 3.96. The van der Waals surface area contributed by atoms with Crippen LogP contribution in [0.15, 0.2) is 96.1 Å². The third-order valence-corrected chi connectivity index (χ3v) is 6.29. The van der Waals surface area contributed by atoms with Crippen LogP contribution in [0.1, 0.15) is 28.1 Å². The molecular weight excluding hydrogens is 525 g/mol. The number of aryl methyl sites for hydroxylation is 1. The molecule has 0 unspecified atom stereocenters. The molecule has 1 aromatic heterocycles. The number of hydrogen-bond acceptors (Lipinski definition) is 3. The molecule has 0 spiro atoms. The Bertz CT molecular complexity index is 1260. The van der Waals surface area contributed by atoms with Gasteiger partial charge in [0.1, 0.15) is 0 Å². The lowest BCUT2D eigenvalue weighted by Gasteiger charge is -2.27. The molecule has 166 valence electrons. The molecule has 0 atom stereocenters. The van der Waals surface area contributed by atoms with Crippen molar-refractivity contribution in [1.29, 1.82) is 0 Å². The van der Waals surface area contributed by atoms with Gasteiger partial charge in [-0.2, -0.15) is 5.10 Å². The molecule has 1 amide bonds. The van der Waals surface area contributed by atoms with Gasteiger partial charge < -0.3 is 9.67 Å². The van der Waals surface area contributed by atoms with E-state index in [-0.39, 0.29) is 0 Å². The van der Waals surface area contributed by atoms with Gasteiger partial charge in [-0.15, -0.1) is 0 Å². The number of aliphatic hydroxyl groups is 1. The Morgan fingerprint density at radius 2 is 1.55 bits per heavy atom. The van der Waals surface area contributed by atoms with Gasteiger partial charge in [-0.05, 0) is 71.8 Å². The van der Waals surface area contributed by atoms with Crippen molar-refractivity contribution in [2.45, 2.75) is 19.4 Å². The Hall–Kier alpha value is -3.23. The molecule has 4 rings (SSSR count). The van der Waals surface area contributed by atoms with E-state index in [1.807, 2.05) is 38.1 Å². The number of nitrogens with one attached hydrogen (secondary N) is 1. The number of rotatable bonds is 6. The Balaban J connectivity index is 1.61. The van der Waals surface area contributed by atoms with E-state index in [9.17, 15) is 9.90 Å². The van der Waals surface area contributed by atoms with E-state index in [1.54, 1.807) is 54.7 Å². The second-order valence-electron chi connectivity index (χ2n) is 7.78. The summed E-state index contributed by atoms with van der Waals surface area (Å²) in [5.74, 6) is -0.623. The van der Waals surface area contributed by atoms with Crippen LogP contribution in [0, 0.1) is 17.4 Å². The average molecular weight is 549 g/mol. The van der Waals surface area contributed by atoms with Gasteiger partial charge in [0.25, 0.3) is 5.91 Å². The van der Waals surface area contributed by atoms with Crippen molar-refractivity contribution >= 4 is 34.7 Å². The normalized spacial score (nSPS) is 11.6. The van der Waals surface area contributed by atoms with Gasteiger partial charge in [0.05, 0.1) is 6.21 Å². The van der Waals surface area contributed by atoms with Crippen molar-refractivity contribution in [3.8, 4) is 5.69 Å². The quantitative estimate of drug-likeness (QED) is 0.200. The lowest BCUT2D eigenvalue weighted by atomic mass is 9.85. The number of amides is 1. The predicted octanol–water partition coefficient (Wildman–Crippen LogP) is 5.08. The summed E-state index contributed by atoms with van der Waals surface area (Å²) in [6.07, 6.45) is 1.61. The highest BCUT2D eigenvalue weighted by Gasteiger charge is 2.39.